The minimum Gasteiger partial charge on any atom is -0.466 e. The normalized spacial score (nSPS) is 15.9. The Morgan fingerprint density at radius 2 is 2.00 bits per heavy atom. The summed E-state index contributed by atoms with van der Waals surface area (Å²) < 4.78 is 46.9. The van der Waals surface area contributed by atoms with Gasteiger partial charge in [0.15, 0.2) is 11.7 Å². The molecule has 11 heteroatoms. The van der Waals surface area contributed by atoms with Gasteiger partial charge in [-0.15, -0.1) is 0 Å². The zero-order chi connectivity index (χ0) is 25.7. The lowest BCUT2D eigenvalue weighted by atomic mass is 9.94. The molecule has 0 unspecified atom stereocenters. The summed E-state index contributed by atoms with van der Waals surface area (Å²) in [6.45, 7) is 4.89. The maximum absolute atomic E-state index is 14.7. The van der Waals surface area contributed by atoms with Gasteiger partial charge < -0.3 is 15.2 Å². The molecule has 0 radical (unpaired) electrons. The van der Waals surface area contributed by atoms with Crippen LogP contribution in [0.5, 0.6) is 0 Å². The number of aliphatic imine (C=N–C) groups is 1. The van der Waals surface area contributed by atoms with Gasteiger partial charge >= 0.3 is 5.97 Å². The van der Waals surface area contributed by atoms with E-state index in [1.165, 1.54) is 19.2 Å². The molecule has 1 aromatic carbocycles. The fraction of sp³-hybridized carbons (Fsp3) is 0.375. The molecule has 0 fully saturated rings. The van der Waals surface area contributed by atoms with E-state index in [9.17, 15) is 23.1 Å². The van der Waals surface area contributed by atoms with Crippen molar-refractivity contribution in [2.24, 2.45) is 10.9 Å². The highest BCUT2D eigenvalue weighted by Gasteiger charge is 2.35. The van der Waals surface area contributed by atoms with Gasteiger partial charge in [0.2, 0.25) is 0 Å². The van der Waals surface area contributed by atoms with Crippen LogP contribution in [0.3, 0.4) is 0 Å². The van der Waals surface area contributed by atoms with Crippen molar-refractivity contribution >= 4 is 23.4 Å². The fourth-order valence-corrected chi connectivity index (χ4v) is 4.12. The van der Waals surface area contributed by atoms with Crippen molar-refractivity contribution in [3.05, 3.63) is 75.5 Å². The molecule has 2 N–H and O–H groups in total. The maximum Gasteiger partial charge on any atom is 0.338 e. The summed E-state index contributed by atoms with van der Waals surface area (Å²) in [5.41, 5.74) is 0.407. The smallest absolute Gasteiger partial charge is 0.338 e. The molecule has 0 spiro atoms. The molecule has 188 valence electrons. The van der Waals surface area contributed by atoms with Crippen molar-refractivity contribution in [1.82, 2.24) is 15.2 Å². The molecule has 1 aromatic heterocycles. The Labute approximate surface area is 206 Å². The lowest BCUT2D eigenvalue weighted by Gasteiger charge is -2.31. The van der Waals surface area contributed by atoms with Gasteiger partial charge in [-0.2, -0.15) is 0 Å². The van der Waals surface area contributed by atoms with Gasteiger partial charge in [-0.1, -0.05) is 31.5 Å². The Bertz CT molecular complexity index is 1160. The van der Waals surface area contributed by atoms with Gasteiger partial charge in [0.1, 0.15) is 23.4 Å². The number of aliphatic hydroxyl groups excluding tert-OH is 1. The van der Waals surface area contributed by atoms with Gasteiger partial charge in [-0.25, -0.2) is 22.9 Å². The SMILES string of the molecule is COC(=O)C1=C(CN(CCO)CC(C)C)NC(c2ncc(F)cc2F)=N[C@H]1c1ccc(F)cc1Cl. The minimum absolute atomic E-state index is 0.00249. The first kappa shape index (κ1) is 26.7. The quantitative estimate of drug-likeness (QED) is 0.501. The van der Waals surface area contributed by atoms with Crippen molar-refractivity contribution in [3.8, 4) is 0 Å². The van der Waals surface area contributed by atoms with Crippen molar-refractivity contribution < 1.29 is 27.8 Å². The number of ether oxygens (including phenoxy) is 1. The lowest BCUT2D eigenvalue weighted by molar-refractivity contribution is -0.136. The number of nitrogens with zero attached hydrogens (tertiary/aromatic N) is 3. The van der Waals surface area contributed by atoms with Gasteiger partial charge in [0, 0.05) is 42.0 Å². The third kappa shape index (κ3) is 6.39. The monoisotopic (exact) mass is 510 g/mol. The minimum atomic E-state index is -1.09. The summed E-state index contributed by atoms with van der Waals surface area (Å²) in [7, 11) is 1.20. The Kier molecular flexibility index (Phi) is 8.87. The summed E-state index contributed by atoms with van der Waals surface area (Å²) in [5, 5.41) is 12.5. The van der Waals surface area contributed by atoms with Crippen molar-refractivity contribution in [3.63, 3.8) is 0 Å². The van der Waals surface area contributed by atoms with Crippen LogP contribution in [0.4, 0.5) is 13.2 Å². The average molecular weight is 511 g/mol. The van der Waals surface area contributed by atoms with Gasteiger partial charge in [0.05, 0.1) is 25.5 Å². The van der Waals surface area contributed by atoms with E-state index in [2.05, 4.69) is 15.3 Å². The summed E-state index contributed by atoms with van der Waals surface area (Å²) in [6, 6.07) is 3.20. The van der Waals surface area contributed by atoms with Crippen molar-refractivity contribution in [2.75, 3.05) is 33.4 Å². The zero-order valence-corrected chi connectivity index (χ0v) is 20.2. The highest BCUT2D eigenvalue weighted by atomic mass is 35.5. The lowest BCUT2D eigenvalue weighted by Crippen LogP contribution is -2.42. The molecule has 0 saturated carbocycles. The molecule has 7 nitrogen and oxygen atoms in total. The van der Waals surface area contributed by atoms with Crippen LogP contribution < -0.4 is 5.32 Å². The largest absolute Gasteiger partial charge is 0.466 e. The molecule has 1 atom stereocenters. The van der Waals surface area contributed by atoms with Crippen LogP contribution in [0, 0.1) is 23.4 Å². The van der Waals surface area contributed by atoms with Crippen LogP contribution >= 0.6 is 11.6 Å². The molecule has 35 heavy (non-hydrogen) atoms. The number of amidine groups is 1. The fourth-order valence-electron chi connectivity index (χ4n) is 3.84. The first-order valence-corrected chi connectivity index (χ1v) is 11.3. The van der Waals surface area contributed by atoms with E-state index < -0.39 is 29.5 Å². The molecule has 2 heterocycles. The molecular weight excluding hydrogens is 485 g/mol. The number of nitrogens with one attached hydrogen (secondary N) is 1. The first-order valence-electron chi connectivity index (χ1n) is 10.9. The topological polar surface area (TPSA) is 87.0 Å². The van der Waals surface area contributed by atoms with Crippen LogP contribution in [-0.4, -0.2) is 60.1 Å². The molecule has 0 amide bonds. The Hall–Kier alpha value is -2.95. The number of rotatable bonds is 9. The molecule has 3 rings (SSSR count). The molecule has 0 saturated heterocycles. The van der Waals surface area contributed by atoms with Crippen LogP contribution in [0.15, 0.2) is 46.7 Å². The zero-order valence-electron chi connectivity index (χ0n) is 19.5. The number of esters is 1. The van der Waals surface area contributed by atoms with Crippen LogP contribution in [-0.2, 0) is 9.53 Å². The van der Waals surface area contributed by atoms with E-state index in [-0.39, 0.29) is 46.8 Å². The van der Waals surface area contributed by atoms with E-state index in [1.54, 1.807) is 0 Å². The number of halogens is 4. The number of aromatic nitrogens is 1. The standard InChI is InChI=1S/C24H26ClF3N4O3/c1-13(2)11-32(6-7-33)12-19-20(24(34)35-3)21(16-5-4-14(26)8-17(16)25)31-23(30-19)22-18(28)9-15(27)10-29-22/h4-5,8-10,13,21,33H,6-7,11-12H2,1-3H3,(H,30,31)/t21-/m0/s1. The third-order valence-corrected chi connectivity index (χ3v) is 5.57. The van der Waals surface area contributed by atoms with E-state index in [0.29, 0.717) is 24.9 Å². The van der Waals surface area contributed by atoms with Gasteiger partial charge in [0.25, 0.3) is 0 Å². The second-order valence-corrected chi connectivity index (χ2v) is 8.80. The van der Waals surface area contributed by atoms with Gasteiger partial charge in [-0.3, -0.25) is 9.89 Å². The third-order valence-electron chi connectivity index (χ3n) is 5.24. The summed E-state index contributed by atoms with van der Waals surface area (Å²) in [5.74, 6) is -2.96. The summed E-state index contributed by atoms with van der Waals surface area (Å²) >= 11 is 6.31. The van der Waals surface area contributed by atoms with Crippen molar-refractivity contribution in [1.29, 1.82) is 0 Å². The predicted molar refractivity (Wildman–Crippen MR) is 125 cm³/mol. The molecular formula is C24H26ClF3N4O3. The van der Waals surface area contributed by atoms with Gasteiger partial charge in [-0.05, 0) is 18.1 Å². The van der Waals surface area contributed by atoms with Crippen molar-refractivity contribution in [2.45, 2.75) is 19.9 Å². The molecule has 2 aromatic rings. The highest BCUT2D eigenvalue weighted by Crippen LogP contribution is 2.36. The molecule has 0 bridgehead atoms. The number of benzene rings is 1. The average Bonchev–Trinajstić information content (AvgIpc) is 2.78. The number of hydrogen-bond donors (Lipinski definition) is 2. The van der Waals surface area contributed by atoms with Crippen LogP contribution in [0.25, 0.3) is 0 Å². The number of hydrogen-bond acceptors (Lipinski definition) is 7. The number of methoxy groups -OCH3 is 1. The van der Waals surface area contributed by atoms with E-state index in [0.717, 1.165) is 12.3 Å². The summed E-state index contributed by atoms with van der Waals surface area (Å²) in [6.07, 6.45) is 0.846. The number of carbonyl (C=O) groups is 1. The number of carbonyl (C=O) groups excluding carboxylic acids is 1. The summed E-state index contributed by atoms with van der Waals surface area (Å²) in [4.78, 5) is 23.1. The van der Waals surface area contributed by atoms with E-state index in [1.807, 2.05) is 18.7 Å². The first-order chi connectivity index (χ1) is 16.6. The Morgan fingerprint density at radius 3 is 2.60 bits per heavy atom. The van der Waals surface area contributed by atoms with Crippen LogP contribution in [0.1, 0.15) is 31.1 Å². The highest BCUT2D eigenvalue weighted by molar-refractivity contribution is 6.31. The maximum atomic E-state index is 14.7. The van der Waals surface area contributed by atoms with E-state index >= 15 is 0 Å². The second kappa shape index (κ2) is 11.7. The molecule has 0 aliphatic carbocycles. The molecule has 1 aliphatic heterocycles. The number of pyridine rings is 1. The molecule has 1 aliphatic rings. The van der Waals surface area contributed by atoms with Crippen LogP contribution in [0.2, 0.25) is 5.02 Å². The second-order valence-electron chi connectivity index (χ2n) is 8.39. The predicted octanol–water partition coefficient (Wildman–Crippen LogP) is 3.62. The van der Waals surface area contributed by atoms with E-state index in [4.69, 9.17) is 16.3 Å². The number of aliphatic hydroxyl groups is 1. The Morgan fingerprint density at radius 1 is 1.26 bits per heavy atom. The Balaban J connectivity index is 2.20.